The van der Waals surface area contributed by atoms with Crippen LogP contribution in [0.3, 0.4) is 0 Å². The number of nitrogens with zero attached hydrogens (tertiary/aromatic N) is 6. The number of anilines is 2. The van der Waals surface area contributed by atoms with Crippen molar-refractivity contribution in [3.05, 3.63) is 77.4 Å². The first-order chi connectivity index (χ1) is 18.6. The number of carbonyl (C=O) groups is 2. The van der Waals surface area contributed by atoms with Gasteiger partial charge in [0.2, 0.25) is 0 Å². The maximum atomic E-state index is 15.1. The Bertz CT molecular complexity index is 1540. The van der Waals surface area contributed by atoms with Gasteiger partial charge in [-0.05, 0) is 55.7 Å². The number of rotatable bonds is 5. The molecule has 39 heavy (non-hydrogen) atoms. The second-order valence-corrected chi connectivity index (χ2v) is 9.25. The second kappa shape index (κ2) is 9.66. The van der Waals surface area contributed by atoms with E-state index in [2.05, 4.69) is 20.3 Å². The van der Waals surface area contributed by atoms with Gasteiger partial charge in [-0.2, -0.15) is 18.4 Å². The maximum absolute atomic E-state index is 15.1. The number of hydrogen-bond donors (Lipinski definition) is 1. The topological polar surface area (TPSA) is 115 Å². The monoisotopic (exact) mass is 555 g/mol. The zero-order valence-electron chi connectivity index (χ0n) is 19.9. The number of carbonyl (C=O) groups excluding carboxylic acids is 2. The van der Waals surface area contributed by atoms with Gasteiger partial charge >= 0.3 is 6.18 Å². The Hall–Kier alpha value is -4.51. The number of aromatic nitrogens is 3. The molecule has 2 aromatic heterocycles. The molecule has 2 fully saturated rings. The molecule has 0 unspecified atom stereocenters. The minimum absolute atomic E-state index is 0.0230. The fourth-order valence-corrected chi connectivity index (χ4v) is 5.07. The standard InChI is InChI=1S/C25H17F4N7O2S/c26-19-9-15(2-3-17(19)21(37)34-12-14-11-31-6-7-32-14)36-23(39)35(22(38)24(36)4-1-5-24)16-8-18(25(27,28)29)20(10-30)33-13-16/h2-3,6-9,11,13H,1,4-5,12H2,(H,34,37). The molecule has 1 saturated carbocycles. The minimum Gasteiger partial charge on any atom is -0.346 e. The molecule has 1 spiro atoms. The summed E-state index contributed by atoms with van der Waals surface area (Å²) in [6.07, 6.45) is 1.77. The van der Waals surface area contributed by atoms with Crippen molar-refractivity contribution in [1.29, 1.82) is 5.26 Å². The number of nitrogens with one attached hydrogen (secondary N) is 1. The Morgan fingerprint density at radius 2 is 1.92 bits per heavy atom. The molecule has 1 aliphatic carbocycles. The van der Waals surface area contributed by atoms with E-state index in [1.54, 1.807) is 0 Å². The van der Waals surface area contributed by atoms with Gasteiger partial charge in [0.15, 0.2) is 10.8 Å². The van der Waals surface area contributed by atoms with E-state index in [9.17, 15) is 22.8 Å². The van der Waals surface area contributed by atoms with Crippen LogP contribution in [0.5, 0.6) is 0 Å². The molecule has 2 amide bonds. The summed E-state index contributed by atoms with van der Waals surface area (Å²) in [6.45, 7) is 0.0230. The highest BCUT2D eigenvalue weighted by Crippen LogP contribution is 2.48. The molecule has 1 aromatic carbocycles. The lowest BCUT2D eigenvalue weighted by Gasteiger charge is -2.43. The predicted molar refractivity (Wildman–Crippen MR) is 133 cm³/mol. The molecule has 3 heterocycles. The van der Waals surface area contributed by atoms with Gasteiger partial charge in [0.25, 0.3) is 11.8 Å². The van der Waals surface area contributed by atoms with E-state index in [1.807, 2.05) is 0 Å². The molecule has 9 nitrogen and oxygen atoms in total. The molecule has 3 aromatic rings. The van der Waals surface area contributed by atoms with Gasteiger partial charge in [-0.3, -0.25) is 24.5 Å². The summed E-state index contributed by atoms with van der Waals surface area (Å²) in [5.41, 5.74) is -3.24. The summed E-state index contributed by atoms with van der Waals surface area (Å²) in [7, 11) is 0. The maximum Gasteiger partial charge on any atom is 0.419 e. The summed E-state index contributed by atoms with van der Waals surface area (Å²) in [5, 5.41) is 11.4. The Kier molecular flexibility index (Phi) is 6.47. The van der Waals surface area contributed by atoms with Crippen LogP contribution in [0.1, 0.15) is 46.6 Å². The number of halogens is 4. The van der Waals surface area contributed by atoms with E-state index >= 15 is 4.39 Å². The summed E-state index contributed by atoms with van der Waals surface area (Å²) in [5.74, 6) is -2.16. The van der Waals surface area contributed by atoms with E-state index in [-0.39, 0.29) is 28.6 Å². The molecule has 1 aliphatic heterocycles. The number of benzene rings is 1. The van der Waals surface area contributed by atoms with Gasteiger partial charge in [0, 0.05) is 18.1 Å². The summed E-state index contributed by atoms with van der Waals surface area (Å²) in [4.78, 5) is 40.0. The Balaban J connectivity index is 1.46. The van der Waals surface area contributed by atoms with Crippen LogP contribution in [0.15, 0.2) is 49.1 Å². The van der Waals surface area contributed by atoms with Crippen LogP contribution in [0.4, 0.5) is 28.9 Å². The number of pyridine rings is 1. The summed E-state index contributed by atoms with van der Waals surface area (Å²) < 4.78 is 55.8. The van der Waals surface area contributed by atoms with Crippen LogP contribution >= 0.6 is 12.2 Å². The largest absolute Gasteiger partial charge is 0.419 e. The quantitative estimate of drug-likeness (QED) is 0.373. The first-order valence-corrected chi connectivity index (χ1v) is 12.0. The van der Waals surface area contributed by atoms with E-state index in [0.717, 1.165) is 17.2 Å². The van der Waals surface area contributed by atoms with Gasteiger partial charge in [-0.1, -0.05) is 0 Å². The number of nitriles is 1. The van der Waals surface area contributed by atoms with Gasteiger partial charge in [-0.25, -0.2) is 9.37 Å². The molecule has 0 radical (unpaired) electrons. The van der Waals surface area contributed by atoms with Crippen LogP contribution in [0.2, 0.25) is 0 Å². The van der Waals surface area contributed by atoms with Crippen LogP contribution < -0.4 is 15.1 Å². The lowest BCUT2D eigenvalue weighted by atomic mass is 9.75. The molecule has 198 valence electrons. The van der Waals surface area contributed by atoms with Crippen molar-refractivity contribution in [2.45, 2.75) is 37.5 Å². The number of amides is 2. The van der Waals surface area contributed by atoms with Crippen LogP contribution in [-0.4, -0.2) is 37.4 Å². The SMILES string of the molecule is N#Cc1ncc(N2C(=O)C3(CCC3)N(c3ccc(C(=O)NCc4cnccn4)c(F)c3)C2=S)cc1C(F)(F)F. The molecular weight excluding hydrogens is 538 g/mol. The van der Waals surface area contributed by atoms with Gasteiger partial charge in [0.05, 0.1) is 41.4 Å². The number of alkyl halides is 3. The third kappa shape index (κ3) is 4.44. The highest BCUT2D eigenvalue weighted by Gasteiger charge is 2.60. The average Bonchev–Trinajstić information content (AvgIpc) is 3.13. The lowest BCUT2D eigenvalue weighted by molar-refractivity contribution is -0.138. The van der Waals surface area contributed by atoms with Crippen molar-refractivity contribution in [3.63, 3.8) is 0 Å². The van der Waals surface area contributed by atoms with Gasteiger partial charge in [-0.15, -0.1) is 0 Å². The third-order valence-electron chi connectivity index (χ3n) is 6.64. The molecule has 5 rings (SSSR count). The van der Waals surface area contributed by atoms with Crippen molar-refractivity contribution in [3.8, 4) is 6.07 Å². The molecule has 1 saturated heterocycles. The highest BCUT2D eigenvalue weighted by atomic mass is 32.1. The minimum atomic E-state index is -4.89. The van der Waals surface area contributed by atoms with E-state index in [0.29, 0.717) is 31.0 Å². The third-order valence-corrected chi connectivity index (χ3v) is 7.00. The van der Waals surface area contributed by atoms with Crippen molar-refractivity contribution < 1.29 is 27.2 Å². The normalized spacial score (nSPS) is 16.3. The van der Waals surface area contributed by atoms with Gasteiger partial charge < -0.3 is 10.2 Å². The van der Waals surface area contributed by atoms with Crippen molar-refractivity contribution >= 4 is 40.5 Å². The first kappa shape index (κ1) is 26.1. The van der Waals surface area contributed by atoms with E-state index in [1.165, 1.54) is 41.7 Å². The Morgan fingerprint density at radius 1 is 1.15 bits per heavy atom. The van der Waals surface area contributed by atoms with Crippen LogP contribution in [-0.2, 0) is 17.5 Å². The van der Waals surface area contributed by atoms with Gasteiger partial charge in [0.1, 0.15) is 17.4 Å². The Morgan fingerprint density at radius 3 is 2.51 bits per heavy atom. The van der Waals surface area contributed by atoms with Crippen molar-refractivity contribution in [2.75, 3.05) is 9.80 Å². The fourth-order valence-electron chi connectivity index (χ4n) is 4.60. The summed E-state index contributed by atoms with van der Waals surface area (Å²) in [6, 6.07) is 5.76. The Labute approximate surface area is 224 Å². The molecule has 0 atom stereocenters. The predicted octanol–water partition coefficient (Wildman–Crippen LogP) is 3.89. The zero-order chi connectivity index (χ0) is 27.9. The van der Waals surface area contributed by atoms with Crippen LogP contribution in [0.25, 0.3) is 0 Å². The first-order valence-electron chi connectivity index (χ1n) is 11.6. The molecule has 0 bridgehead atoms. The molecule has 2 aliphatic rings. The fraction of sp³-hybridized carbons (Fsp3) is 0.240. The second-order valence-electron chi connectivity index (χ2n) is 8.89. The van der Waals surface area contributed by atoms with Crippen LogP contribution in [0, 0.1) is 17.1 Å². The lowest BCUT2D eigenvalue weighted by Crippen LogP contribution is -2.55. The smallest absolute Gasteiger partial charge is 0.346 e. The number of hydrogen-bond acceptors (Lipinski definition) is 7. The van der Waals surface area contributed by atoms with E-state index < -0.39 is 40.6 Å². The average molecular weight is 556 g/mol. The zero-order valence-corrected chi connectivity index (χ0v) is 20.7. The van der Waals surface area contributed by atoms with Crippen molar-refractivity contribution in [2.24, 2.45) is 0 Å². The highest BCUT2D eigenvalue weighted by molar-refractivity contribution is 7.81. The molecular formula is C25H17F4N7O2S. The molecule has 1 N–H and O–H groups in total. The number of thiocarbonyl (C=S) groups is 1. The summed E-state index contributed by atoms with van der Waals surface area (Å²) >= 11 is 5.52. The van der Waals surface area contributed by atoms with E-state index in [4.69, 9.17) is 17.5 Å². The molecule has 14 heteroatoms. The van der Waals surface area contributed by atoms with Crippen molar-refractivity contribution in [1.82, 2.24) is 20.3 Å².